The molecule has 0 saturated heterocycles. The summed E-state index contributed by atoms with van der Waals surface area (Å²) in [7, 11) is 0. The van der Waals surface area contributed by atoms with Gasteiger partial charge in [-0.05, 0) is 30.7 Å². The van der Waals surface area contributed by atoms with Crippen LogP contribution in [0.2, 0.25) is 0 Å². The minimum Gasteiger partial charge on any atom is -0.396 e. The normalized spacial score (nSPS) is 10.4. The monoisotopic (exact) mass is 264 g/mol. The van der Waals surface area contributed by atoms with Gasteiger partial charge in [-0.3, -0.25) is 4.90 Å². The molecule has 0 fully saturated rings. The minimum atomic E-state index is -0.317. The van der Waals surface area contributed by atoms with Crippen molar-refractivity contribution < 1.29 is 9.50 Å². The number of halogens is 1. The molecule has 3 N–H and O–H groups in total. The molecule has 0 saturated carbocycles. The predicted octanol–water partition coefficient (Wildman–Crippen LogP) is 1.34. The molecule has 0 amide bonds. The maximum absolute atomic E-state index is 13.5. The Morgan fingerprint density at radius 1 is 1.42 bits per heavy atom. The predicted molar refractivity (Wildman–Crippen MR) is 75.0 cm³/mol. The molecule has 0 unspecified atom stereocenters. The summed E-state index contributed by atoms with van der Waals surface area (Å²) in [6.45, 7) is 4.92. The van der Waals surface area contributed by atoms with Crippen molar-refractivity contribution in [2.75, 3.05) is 26.2 Å². The van der Waals surface area contributed by atoms with Crippen LogP contribution in [0.5, 0.6) is 0 Å². The molecule has 3 nitrogen and oxygen atoms in total. The molecule has 1 aromatic rings. The Bertz CT molecular complexity index is 451. The van der Waals surface area contributed by atoms with Gasteiger partial charge in [0.05, 0.1) is 12.1 Å². The fraction of sp³-hybridized carbons (Fsp3) is 0.467. The Labute approximate surface area is 114 Å². The summed E-state index contributed by atoms with van der Waals surface area (Å²) in [6.07, 6.45) is 0.745. The lowest BCUT2D eigenvalue weighted by Gasteiger charge is -2.20. The number of benzene rings is 1. The van der Waals surface area contributed by atoms with Gasteiger partial charge in [-0.2, -0.15) is 0 Å². The van der Waals surface area contributed by atoms with E-state index in [9.17, 15) is 4.39 Å². The molecule has 0 heterocycles. The maximum atomic E-state index is 13.5. The van der Waals surface area contributed by atoms with Gasteiger partial charge in [-0.15, -0.1) is 0 Å². The van der Waals surface area contributed by atoms with E-state index in [1.165, 1.54) is 6.07 Å². The fourth-order valence-electron chi connectivity index (χ4n) is 1.81. The van der Waals surface area contributed by atoms with Crippen LogP contribution in [0.15, 0.2) is 18.2 Å². The van der Waals surface area contributed by atoms with Gasteiger partial charge in [0.2, 0.25) is 0 Å². The van der Waals surface area contributed by atoms with E-state index in [1.807, 2.05) is 0 Å². The molecule has 0 spiro atoms. The van der Waals surface area contributed by atoms with Crippen LogP contribution in [0.25, 0.3) is 0 Å². The first-order valence-electron chi connectivity index (χ1n) is 6.51. The quantitative estimate of drug-likeness (QED) is 0.762. The van der Waals surface area contributed by atoms with Crippen molar-refractivity contribution in [3.05, 3.63) is 35.1 Å². The van der Waals surface area contributed by atoms with Gasteiger partial charge in [0, 0.05) is 19.7 Å². The molecule has 1 rings (SSSR count). The lowest BCUT2D eigenvalue weighted by atomic mass is 10.1. The molecule has 4 heteroatoms. The van der Waals surface area contributed by atoms with E-state index in [4.69, 9.17) is 10.8 Å². The summed E-state index contributed by atoms with van der Waals surface area (Å²) in [5, 5.41) is 8.85. The average molecular weight is 264 g/mol. The summed E-state index contributed by atoms with van der Waals surface area (Å²) in [6, 6.07) is 4.97. The largest absolute Gasteiger partial charge is 0.396 e. The molecule has 104 valence electrons. The maximum Gasteiger partial charge on any atom is 0.138 e. The molecule has 0 aliphatic carbocycles. The van der Waals surface area contributed by atoms with Crippen molar-refractivity contribution in [2.24, 2.45) is 5.73 Å². The molecule has 0 radical (unpaired) electrons. The van der Waals surface area contributed by atoms with Crippen molar-refractivity contribution in [1.82, 2.24) is 4.90 Å². The van der Waals surface area contributed by atoms with Crippen LogP contribution in [0.1, 0.15) is 24.5 Å². The van der Waals surface area contributed by atoms with E-state index in [0.29, 0.717) is 5.56 Å². The average Bonchev–Trinajstić information content (AvgIpc) is 2.43. The first kappa shape index (κ1) is 15.6. The molecule has 19 heavy (non-hydrogen) atoms. The Balaban J connectivity index is 2.77. The molecular formula is C15H21FN2O. The number of aliphatic hydroxyl groups excluding tert-OH is 1. The molecule has 0 aliphatic rings. The molecule has 0 atom stereocenters. The molecule has 1 aromatic carbocycles. The fourth-order valence-corrected chi connectivity index (χ4v) is 1.81. The third kappa shape index (κ3) is 5.39. The van der Waals surface area contributed by atoms with Gasteiger partial charge in [-0.1, -0.05) is 24.8 Å². The second-order valence-electron chi connectivity index (χ2n) is 4.27. The standard InChI is InChI=1S/C15H21FN2O/c1-2-18(9-4-10-19)12-13-6-7-15(16)14(11-13)5-3-8-17/h6-7,11,19H,2,4,8-10,12,17H2,1H3. The van der Waals surface area contributed by atoms with Crippen LogP contribution < -0.4 is 5.73 Å². The second-order valence-corrected chi connectivity index (χ2v) is 4.27. The summed E-state index contributed by atoms with van der Waals surface area (Å²) < 4.78 is 13.5. The minimum absolute atomic E-state index is 0.188. The third-order valence-electron chi connectivity index (χ3n) is 2.84. The van der Waals surface area contributed by atoms with Crippen molar-refractivity contribution in [2.45, 2.75) is 19.9 Å². The summed E-state index contributed by atoms with van der Waals surface area (Å²) in [5.41, 5.74) is 6.70. The second kappa shape index (κ2) is 8.65. The van der Waals surface area contributed by atoms with Crippen LogP contribution in [0.3, 0.4) is 0 Å². The highest BCUT2D eigenvalue weighted by molar-refractivity contribution is 5.38. The lowest BCUT2D eigenvalue weighted by Crippen LogP contribution is -2.24. The lowest BCUT2D eigenvalue weighted by molar-refractivity contribution is 0.225. The van der Waals surface area contributed by atoms with E-state index in [0.717, 1.165) is 31.6 Å². The highest BCUT2D eigenvalue weighted by Crippen LogP contribution is 2.12. The van der Waals surface area contributed by atoms with E-state index in [-0.39, 0.29) is 19.0 Å². The van der Waals surface area contributed by atoms with Crippen LogP contribution in [0, 0.1) is 17.7 Å². The molecular weight excluding hydrogens is 243 g/mol. The van der Waals surface area contributed by atoms with Crippen LogP contribution in [-0.4, -0.2) is 36.2 Å². The summed E-state index contributed by atoms with van der Waals surface area (Å²) in [5.74, 6) is 5.09. The van der Waals surface area contributed by atoms with Crippen LogP contribution in [-0.2, 0) is 6.54 Å². The number of hydrogen-bond donors (Lipinski definition) is 2. The topological polar surface area (TPSA) is 49.5 Å². The molecule has 0 bridgehead atoms. The Kier molecular flexibility index (Phi) is 7.12. The van der Waals surface area contributed by atoms with Crippen LogP contribution >= 0.6 is 0 Å². The zero-order valence-electron chi connectivity index (χ0n) is 11.3. The highest BCUT2D eigenvalue weighted by atomic mass is 19.1. The van der Waals surface area contributed by atoms with Gasteiger partial charge >= 0.3 is 0 Å². The van der Waals surface area contributed by atoms with E-state index in [2.05, 4.69) is 23.7 Å². The van der Waals surface area contributed by atoms with Crippen molar-refractivity contribution in [3.8, 4) is 11.8 Å². The van der Waals surface area contributed by atoms with E-state index < -0.39 is 0 Å². The Morgan fingerprint density at radius 3 is 2.84 bits per heavy atom. The van der Waals surface area contributed by atoms with E-state index >= 15 is 0 Å². The van der Waals surface area contributed by atoms with Gasteiger partial charge in [-0.25, -0.2) is 4.39 Å². The number of hydrogen-bond acceptors (Lipinski definition) is 3. The van der Waals surface area contributed by atoms with Crippen molar-refractivity contribution in [1.29, 1.82) is 0 Å². The number of nitrogens with zero attached hydrogens (tertiary/aromatic N) is 1. The van der Waals surface area contributed by atoms with Gasteiger partial charge < -0.3 is 10.8 Å². The SMILES string of the molecule is CCN(CCCO)Cc1ccc(F)c(C#CCN)c1. The third-order valence-corrected chi connectivity index (χ3v) is 2.84. The summed E-state index contributed by atoms with van der Waals surface area (Å²) in [4.78, 5) is 2.20. The Morgan fingerprint density at radius 2 is 2.21 bits per heavy atom. The number of rotatable bonds is 6. The summed E-state index contributed by atoms with van der Waals surface area (Å²) >= 11 is 0. The highest BCUT2D eigenvalue weighted by Gasteiger charge is 2.06. The molecule has 0 aromatic heterocycles. The number of nitrogens with two attached hydrogens (primary N) is 1. The Hall–Kier alpha value is -1.41. The zero-order chi connectivity index (χ0) is 14.1. The smallest absolute Gasteiger partial charge is 0.138 e. The zero-order valence-corrected chi connectivity index (χ0v) is 11.3. The van der Waals surface area contributed by atoms with Crippen molar-refractivity contribution >= 4 is 0 Å². The van der Waals surface area contributed by atoms with Gasteiger partial charge in [0.25, 0.3) is 0 Å². The first-order valence-corrected chi connectivity index (χ1v) is 6.51. The van der Waals surface area contributed by atoms with Crippen LogP contribution in [0.4, 0.5) is 4.39 Å². The van der Waals surface area contributed by atoms with Gasteiger partial charge in [0.1, 0.15) is 5.82 Å². The number of aliphatic hydroxyl groups is 1. The first-order chi connectivity index (χ1) is 9.21. The molecule has 0 aliphatic heterocycles. The van der Waals surface area contributed by atoms with E-state index in [1.54, 1.807) is 12.1 Å². The van der Waals surface area contributed by atoms with Crippen molar-refractivity contribution in [3.63, 3.8) is 0 Å². The van der Waals surface area contributed by atoms with Gasteiger partial charge in [0.15, 0.2) is 0 Å².